The summed E-state index contributed by atoms with van der Waals surface area (Å²) in [6.07, 6.45) is -2.60. The minimum absolute atomic E-state index is 0. The molecule has 1 unspecified atom stereocenters. The number of carbonyl (C=O) groups is 1. The molecule has 1 aliphatic heterocycles. The third-order valence-electron chi connectivity index (χ3n) is 4.78. The largest absolute Gasteiger partial charge is 0.480 e. The van der Waals surface area contributed by atoms with Crippen molar-refractivity contribution in [2.75, 3.05) is 26.7 Å². The second-order valence-corrected chi connectivity index (χ2v) is 6.37. The highest BCUT2D eigenvalue weighted by Crippen LogP contribution is 2.31. The second-order valence-electron chi connectivity index (χ2n) is 6.37. The van der Waals surface area contributed by atoms with E-state index in [1.807, 2.05) is 18.9 Å². The van der Waals surface area contributed by atoms with Gasteiger partial charge < -0.3 is 5.11 Å². The molecule has 0 spiro atoms. The van der Waals surface area contributed by atoms with Crippen molar-refractivity contribution in [3.8, 4) is 0 Å². The van der Waals surface area contributed by atoms with Gasteiger partial charge in [0.25, 0.3) is 0 Å². The summed E-state index contributed by atoms with van der Waals surface area (Å²) in [7, 11) is 1.81. The van der Waals surface area contributed by atoms with Crippen molar-refractivity contribution < 1.29 is 23.1 Å². The molecule has 1 atom stereocenters. The van der Waals surface area contributed by atoms with Crippen LogP contribution < -0.4 is 0 Å². The zero-order valence-corrected chi connectivity index (χ0v) is 15.1. The molecule has 0 bridgehead atoms. The topological polar surface area (TPSA) is 43.8 Å². The zero-order valence-electron chi connectivity index (χ0n) is 14.3. The van der Waals surface area contributed by atoms with Crippen LogP contribution in [0.1, 0.15) is 36.9 Å². The van der Waals surface area contributed by atoms with Gasteiger partial charge in [-0.25, -0.2) is 0 Å². The zero-order chi connectivity index (χ0) is 17.9. The Bertz CT molecular complexity index is 558. The predicted octanol–water partition coefficient (Wildman–Crippen LogP) is 3.67. The molecule has 1 N–H and O–H groups in total. The molecule has 0 aromatic heterocycles. The van der Waals surface area contributed by atoms with Crippen molar-refractivity contribution in [3.63, 3.8) is 0 Å². The lowest BCUT2D eigenvalue weighted by Crippen LogP contribution is -2.45. The minimum atomic E-state index is -4.31. The molecule has 1 heterocycles. The van der Waals surface area contributed by atoms with E-state index in [9.17, 15) is 18.0 Å². The number of carboxylic acid groups (broad SMARTS) is 1. The van der Waals surface area contributed by atoms with Crippen molar-refractivity contribution in [2.24, 2.45) is 0 Å². The van der Waals surface area contributed by atoms with Gasteiger partial charge in [-0.05, 0) is 44.5 Å². The van der Waals surface area contributed by atoms with Gasteiger partial charge in [-0.3, -0.25) is 14.6 Å². The lowest BCUT2D eigenvalue weighted by Gasteiger charge is -2.39. The number of likely N-dealkylation sites (N-methyl/N-ethyl adjacent to an activating group) is 1. The first kappa shape index (κ1) is 21.7. The van der Waals surface area contributed by atoms with E-state index in [-0.39, 0.29) is 31.0 Å². The van der Waals surface area contributed by atoms with Gasteiger partial charge in [-0.1, -0.05) is 12.1 Å². The van der Waals surface area contributed by atoms with Gasteiger partial charge in [0.1, 0.15) is 0 Å². The number of halogens is 4. The Labute approximate surface area is 152 Å². The number of nitrogens with zero attached hydrogens (tertiary/aromatic N) is 2. The van der Waals surface area contributed by atoms with Gasteiger partial charge in [-0.15, -0.1) is 12.4 Å². The molecular formula is C17H24ClF3N2O2. The summed E-state index contributed by atoms with van der Waals surface area (Å²) in [5, 5.41) is 8.85. The molecule has 4 nitrogen and oxygen atoms in total. The van der Waals surface area contributed by atoms with Crippen molar-refractivity contribution in [1.82, 2.24) is 9.80 Å². The molecule has 8 heteroatoms. The maximum atomic E-state index is 12.6. The van der Waals surface area contributed by atoms with Crippen LogP contribution in [0, 0.1) is 0 Å². The molecule has 1 aliphatic rings. The second kappa shape index (κ2) is 8.87. The highest BCUT2D eigenvalue weighted by atomic mass is 35.5. The van der Waals surface area contributed by atoms with Gasteiger partial charge in [0.15, 0.2) is 0 Å². The van der Waals surface area contributed by atoms with E-state index in [1.54, 1.807) is 0 Å². The van der Waals surface area contributed by atoms with Crippen LogP contribution in [0.15, 0.2) is 24.3 Å². The summed E-state index contributed by atoms with van der Waals surface area (Å²) in [5.41, 5.74) is 0.229. The van der Waals surface area contributed by atoms with Crippen LogP contribution in [0.4, 0.5) is 13.2 Å². The Morgan fingerprint density at radius 2 is 1.80 bits per heavy atom. The standard InChI is InChI=1S/C17H23F3N2O2.ClH/c1-12(13-3-5-14(6-4-13)17(18,19)20)22-9-7-15(8-10-22)21(2)11-16(23)24;/h3-6,12,15H,7-11H2,1-2H3,(H,23,24);1H. The number of benzene rings is 1. The fraction of sp³-hybridized carbons (Fsp3) is 0.588. The number of likely N-dealkylation sites (tertiary alicyclic amines) is 1. The first-order chi connectivity index (χ1) is 11.2. The van der Waals surface area contributed by atoms with Gasteiger partial charge in [0, 0.05) is 25.2 Å². The van der Waals surface area contributed by atoms with E-state index in [0.717, 1.165) is 43.6 Å². The van der Waals surface area contributed by atoms with Gasteiger partial charge in [0.2, 0.25) is 0 Å². The number of alkyl halides is 3. The Balaban J connectivity index is 0.00000312. The fourth-order valence-corrected chi connectivity index (χ4v) is 3.22. The Kier molecular flexibility index (Phi) is 7.71. The molecule has 25 heavy (non-hydrogen) atoms. The van der Waals surface area contributed by atoms with Crippen molar-refractivity contribution >= 4 is 18.4 Å². The van der Waals surface area contributed by atoms with Gasteiger partial charge in [-0.2, -0.15) is 13.2 Å². The quantitative estimate of drug-likeness (QED) is 0.846. The fourth-order valence-electron chi connectivity index (χ4n) is 3.22. The summed E-state index contributed by atoms with van der Waals surface area (Å²) in [4.78, 5) is 14.9. The summed E-state index contributed by atoms with van der Waals surface area (Å²) in [6, 6.07) is 5.60. The molecule has 1 aromatic carbocycles. The van der Waals surface area contributed by atoms with Crippen LogP contribution in [0.3, 0.4) is 0 Å². The van der Waals surface area contributed by atoms with Crippen LogP contribution in [0.5, 0.6) is 0 Å². The lowest BCUT2D eigenvalue weighted by molar-refractivity contribution is -0.139. The number of rotatable bonds is 5. The maximum Gasteiger partial charge on any atom is 0.416 e. The predicted molar refractivity (Wildman–Crippen MR) is 92.0 cm³/mol. The summed E-state index contributed by atoms with van der Waals surface area (Å²) < 4.78 is 37.9. The van der Waals surface area contributed by atoms with Crippen molar-refractivity contribution in [1.29, 1.82) is 0 Å². The summed E-state index contributed by atoms with van der Waals surface area (Å²) >= 11 is 0. The smallest absolute Gasteiger partial charge is 0.416 e. The molecule has 1 aromatic rings. The Morgan fingerprint density at radius 3 is 2.24 bits per heavy atom. The summed E-state index contributed by atoms with van der Waals surface area (Å²) in [5.74, 6) is -0.835. The minimum Gasteiger partial charge on any atom is -0.480 e. The lowest BCUT2D eigenvalue weighted by atomic mass is 9.98. The van der Waals surface area contributed by atoms with E-state index < -0.39 is 17.7 Å². The van der Waals surface area contributed by atoms with E-state index in [1.165, 1.54) is 12.1 Å². The molecule has 0 amide bonds. The third kappa shape index (κ3) is 5.87. The van der Waals surface area contributed by atoms with E-state index >= 15 is 0 Å². The molecule has 1 saturated heterocycles. The Morgan fingerprint density at radius 1 is 1.28 bits per heavy atom. The molecule has 0 aliphatic carbocycles. The van der Waals surface area contributed by atoms with Crippen LogP contribution >= 0.6 is 12.4 Å². The number of hydrogen-bond acceptors (Lipinski definition) is 3. The van der Waals surface area contributed by atoms with Crippen LogP contribution in [-0.4, -0.2) is 53.6 Å². The first-order valence-electron chi connectivity index (χ1n) is 8.01. The van der Waals surface area contributed by atoms with Gasteiger partial charge in [0.05, 0.1) is 12.1 Å². The molecule has 0 radical (unpaired) electrons. The van der Waals surface area contributed by atoms with Crippen molar-refractivity contribution in [3.05, 3.63) is 35.4 Å². The average molecular weight is 381 g/mol. The monoisotopic (exact) mass is 380 g/mol. The molecule has 1 fully saturated rings. The van der Waals surface area contributed by atoms with E-state index in [0.29, 0.717) is 0 Å². The third-order valence-corrected chi connectivity index (χ3v) is 4.78. The molecular weight excluding hydrogens is 357 g/mol. The van der Waals surface area contributed by atoms with Gasteiger partial charge >= 0.3 is 12.1 Å². The number of hydrogen-bond donors (Lipinski definition) is 1. The molecule has 2 rings (SSSR count). The highest BCUT2D eigenvalue weighted by Gasteiger charge is 2.31. The Hall–Kier alpha value is -1.31. The van der Waals surface area contributed by atoms with Crippen LogP contribution in [0.25, 0.3) is 0 Å². The van der Waals surface area contributed by atoms with E-state index in [4.69, 9.17) is 5.11 Å². The first-order valence-corrected chi connectivity index (χ1v) is 8.01. The summed E-state index contributed by atoms with van der Waals surface area (Å²) in [6.45, 7) is 3.62. The number of piperidine rings is 1. The van der Waals surface area contributed by atoms with E-state index in [2.05, 4.69) is 4.90 Å². The molecule has 0 saturated carbocycles. The normalized spacial score (nSPS) is 18.0. The molecule has 142 valence electrons. The van der Waals surface area contributed by atoms with Crippen LogP contribution in [0.2, 0.25) is 0 Å². The average Bonchev–Trinajstić information content (AvgIpc) is 2.53. The van der Waals surface area contributed by atoms with Crippen LogP contribution in [-0.2, 0) is 11.0 Å². The maximum absolute atomic E-state index is 12.6. The SMILES string of the molecule is CC(c1ccc(C(F)(F)F)cc1)N1CCC(N(C)CC(=O)O)CC1.Cl. The number of carboxylic acids is 1. The highest BCUT2D eigenvalue weighted by molar-refractivity contribution is 5.85. The van der Waals surface area contributed by atoms with Crippen molar-refractivity contribution in [2.45, 2.75) is 38.0 Å². The number of aliphatic carboxylic acids is 1.